The molecule has 142 valence electrons. The number of carbonyl (C=O) groups excluding carboxylic acids is 3. The Kier molecular flexibility index (Phi) is 7.49. The van der Waals surface area contributed by atoms with Crippen molar-refractivity contribution in [2.45, 2.75) is 19.3 Å². The number of aryl methyl sites for hydroxylation is 1. The highest BCUT2D eigenvalue weighted by Crippen LogP contribution is 2.12. The highest BCUT2D eigenvalue weighted by atomic mass is 19.1. The van der Waals surface area contributed by atoms with Gasteiger partial charge in [-0.05, 0) is 41.8 Å². The van der Waals surface area contributed by atoms with Crippen LogP contribution in [0.4, 0.5) is 10.1 Å². The van der Waals surface area contributed by atoms with Gasteiger partial charge in [-0.3, -0.25) is 14.4 Å². The molecule has 0 saturated heterocycles. The molecule has 0 fully saturated rings. The third-order valence-electron chi connectivity index (χ3n) is 3.79. The molecule has 2 aromatic rings. The van der Waals surface area contributed by atoms with Gasteiger partial charge in [0.2, 0.25) is 11.8 Å². The van der Waals surface area contributed by atoms with Gasteiger partial charge in [0.05, 0.1) is 13.5 Å². The Bertz CT molecular complexity index is 806. The zero-order valence-corrected chi connectivity index (χ0v) is 15.0. The van der Waals surface area contributed by atoms with Crippen molar-refractivity contribution in [1.29, 1.82) is 0 Å². The minimum absolute atomic E-state index is 0.116. The van der Waals surface area contributed by atoms with Gasteiger partial charge in [-0.15, -0.1) is 0 Å². The lowest BCUT2D eigenvalue weighted by Crippen LogP contribution is -2.31. The zero-order chi connectivity index (χ0) is 19.6. The summed E-state index contributed by atoms with van der Waals surface area (Å²) in [7, 11) is 1.25. The third-order valence-corrected chi connectivity index (χ3v) is 3.79. The Morgan fingerprint density at radius 3 is 2.41 bits per heavy atom. The summed E-state index contributed by atoms with van der Waals surface area (Å²) in [5.41, 5.74) is 2.12. The third kappa shape index (κ3) is 7.27. The molecule has 2 amide bonds. The lowest BCUT2D eigenvalue weighted by molar-refractivity contribution is -0.141. The van der Waals surface area contributed by atoms with E-state index >= 15 is 0 Å². The maximum absolute atomic E-state index is 13.1. The molecule has 0 heterocycles. The fourth-order valence-electron chi connectivity index (χ4n) is 2.37. The molecule has 0 aliphatic heterocycles. The topological polar surface area (TPSA) is 84.5 Å². The van der Waals surface area contributed by atoms with Crippen LogP contribution in [0.15, 0.2) is 48.5 Å². The van der Waals surface area contributed by atoms with Crippen molar-refractivity contribution >= 4 is 23.5 Å². The van der Waals surface area contributed by atoms with E-state index in [1.165, 1.54) is 19.2 Å². The number of anilines is 1. The van der Waals surface area contributed by atoms with Crippen LogP contribution in [-0.4, -0.2) is 31.4 Å². The summed E-state index contributed by atoms with van der Waals surface area (Å²) in [5, 5.41) is 5.22. The molecule has 0 atom stereocenters. The molecule has 0 saturated carbocycles. The SMILES string of the molecule is COC(=O)CNC(=O)Cc1ccc(NC(=O)CCc2cccc(F)c2)cc1. The number of hydrogen-bond acceptors (Lipinski definition) is 4. The molecule has 2 rings (SSSR count). The van der Waals surface area contributed by atoms with Crippen LogP contribution in [0.3, 0.4) is 0 Å². The Hall–Kier alpha value is -3.22. The molecule has 0 aliphatic carbocycles. The average Bonchev–Trinajstić information content (AvgIpc) is 2.66. The molecule has 0 aliphatic rings. The first kappa shape index (κ1) is 20.1. The van der Waals surface area contributed by atoms with Crippen molar-refractivity contribution in [2.24, 2.45) is 0 Å². The van der Waals surface area contributed by atoms with Gasteiger partial charge in [0.15, 0.2) is 0 Å². The molecular weight excluding hydrogens is 351 g/mol. The van der Waals surface area contributed by atoms with E-state index in [1.807, 2.05) is 0 Å². The van der Waals surface area contributed by atoms with Crippen LogP contribution in [0.5, 0.6) is 0 Å². The molecule has 0 bridgehead atoms. The largest absolute Gasteiger partial charge is 0.468 e. The summed E-state index contributed by atoms with van der Waals surface area (Å²) in [6.07, 6.45) is 0.800. The number of hydrogen-bond donors (Lipinski definition) is 2. The summed E-state index contributed by atoms with van der Waals surface area (Å²) in [5.74, 6) is -1.31. The van der Waals surface area contributed by atoms with Gasteiger partial charge in [0, 0.05) is 12.1 Å². The Labute approximate surface area is 156 Å². The predicted octanol–water partition coefficient (Wildman–Crippen LogP) is 2.23. The van der Waals surface area contributed by atoms with Crippen molar-refractivity contribution in [3.05, 3.63) is 65.5 Å². The van der Waals surface area contributed by atoms with E-state index in [0.29, 0.717) is 12.1 Å². The number of nitrogens with one attached hydrogen (secondary N) is 2. The van der Waals surface area contributed by atoms with Crippen molar-refractivity contribution < 1.29 is 23.5 Å². The van der Waals surface area contributed by atoms with E-state index in [4.69, 9.17) is 0 Å². The normalized spacial score (nSPS) is 10.1. The molecule has 2 aromatic carbocycles. The van der Waals surface area contributed by atoms with Crippen LogP contribution in [0.1, 0.15) is 17.5 Å². The molecule has 0 aromatic heterocycles. The fraction of sp³-hybridized carbons (Fsp3) is 0.250. The van der Waals surface area contributed by atoms with Crippen molar-refractivity contribution in [3.8, 4) is 0 Å². The number of esters is 1. The first-order valence-electron chi connectivity index (χ1n) is 8.43. The van der Waals surface area contributed by atoms with Crippen LogP contribution < -0.4 is 10.6 Å². The van der Waals surface area contributed by atoms with Gasteiger partial charge >= 0.3 is 5.97 Å². The lowest BCUT2D eigenvalue weighted by Gasteiger charge is -2.07. The number of halogens is 1. The smallest absolute Gasteiger partial charge is 0.325 e. The molecular formula is C20H21FN2O4. The standard InChI is InChI=1S/C20H21FN2O4/c1-27-20(26)13-22-19(25)12-15-5-8-17(9-6-15)23-18(24)10-7-14-3-2-4-16(21)11-14/h2-6,8-9,11H,7,10,12-13H2,1H3,(H,22,25)(H,23,24). The van der Waals surface area contributed by atoms with Crippen molar-refractivity contribution in [1.82, 2.24) is 5.32 Å². The molecule has 7 heteroatoms. The summed E-state index contributed by atoms with van der Waals surface area (Å²) < 4.78 is 17.6. The van der Waals surface area contributed by atoms with E-state index < -0.39 is 5.97 Å². The van der Waals surface area contributed by atoms with Gasteiger partial charge in [-0.25, -0.2) is 4.39 Å². The van der Waals surface area contributed by atoms with Gasteiger partial charge in [0.25, 0.3) is 0 Å². The second-order valence-corrected chi connectivity index (χ2v) is 5.90. The van der Waals surface area contributed by atoms with Gasteiger partial charge in [-0.1, -0.05) is 24.3 Å². The zero-order valence-electron chi connectivity index (χ0n) is 15.0. The Morgan fingerprint density at radius 1 is 1.00 bits per heavy atom. The van der Waals surface area contributed by atoms with Gasteiger partial charge in [0.1, 0.15) is 12.4 Å². The Balaban J connectivity index is 1.78. The number of rotatable bonds is 8. The molecule has 6 nitrogen and oxygen atoms in total. The summed E-state index contributed by atoms with van der Waals surface area (Å²) in [4.78, 5) is 34.7. The van der Waals surface area contributed by atoms with Crippen LogP contribution in [0.25, 0.3) is 0 Å². The maximum Gasteiger partial charge on any atom is 0.325 e. The van der Waals surface area contributed by atoms with Crippen LogP contribution in [0.2, 0.25) is 0 Å². The van der Waals surface area contributed by atoms with Crippen molar-refractivity contribution in [3.63, 3.8) is 0 Å². The molecule has 0 spiro atoms. The van der Waals surface area contributed by atoms with E-state index in [-0.39, 0.29) is 37.0 Å². The van der Waals surface area contributed by atoms with E-state index in [2.05, 4.69) is 15.4 Å². The summed E-state index contributed by atoms with van der Waals surface area (Å²) in [6, 6.07) is 13.0. The van der Waals surface area contributed by atoms with E-state index in [1.54, 1.807) is 36.4 Å². The number of methoxy groups -OCH3 is 1. The number of carbonyl (C=O) groups is 3. The summed E-state index contributed by atoms with van der Waals surface area (Å²) in [6.45, 7) is -0.172. The number of amides is 2. The highest BCUT2D eigenvalue weighted by Gasteiger charge is 2.08. The monoisotopic (exact) mass is 372 g/mol. The second kappa shape index (κ2) is 10.1. The molecule has 27 heavy (non-hydrogen) atoms. The molecule has 0 radical (unpaired) electrons. The predicted molar refractivity (Wildman–Crippen MR) is 98.5 cm³/mol. The lowest BCUT2D eigenvalue weighted by atomic mass is 10.1. The van der Waals surface area contributed by atoms with Crippen LogP contribution in [0, 0.1) is 5.82 Å². The molecule has 0 unspecified atom stereocenters. The first-order chi connectivity index (χ1) is 13.0. The van der Waals surface area contributed by atoms with Crippen LogP contribution in [-0.2, 0) is 32.0 Å². The first-order valence-corrected chi connectivity index (χ1v) is 8.43. The van der Waals surface area contributed by atoms with Gasteiger partial charge < -0.3 is 15.4 Å². The van der Waals surface area contributed by atoms with Crippen molar-refractivity contribution in [2.75, 3.05) is 19.0 Å². The number of benzene rings is 2. The number of ether oxygens (including phenoxy) is 1. The summed E-state index contributed by atoms with van der Waals surface area (Å²) >= 11 is 0. The second-order valence-electron chi connectivity index (χ2n) is 5.90. The quantitative estimate of drug-likeness (QED) is 0.696. The van der Waals surface area contributed by atoms with E-state index in [0.717, 1.165) is 11.1 Å². The van der Waals surface area contributed by atoms with Gasteiger partial charge in [-0.2, -0.15) is 0 Å². The highest BCUT2D eigenvalue weighted by molar-refractivity contribution is 5.91. The maximum atomic E-state index is 13.1. The Morgan fingerprint density at radius 2 is 1.74 bits per heavy atom. The average molecular weight is 372 g/mol. The van der Waals surface area contributed by atoms with Crippen LogP contribution >= 0.6 is 0 Å². The fourth-order valence-corrected chi connectivity index (χ4v) is 2.37. The minimum atomic E-state index is -0.514. The molecule has 2 N–H and O–H groups in total. The minimum Gasteiger partial charge on any atom is -0.468 e. The van der Waals surface area contributed by atoms with E-state index in [9.17, 15) is 18.8 Å².